The Balaban J connectivity index is 2.46. The van der Waals surface area contributed by atoms with Crippen LogP contribution >= 0.6 is 27.5 Å². The lowest BCUT2D eigenvalue weighted by atomic mass is 10.1. The summed E-state index contributed by atoms with van der Waals surface area (Å²) in [7, 11) is 0. The highest BCUT2D eigenvalue weighted by Gasteiger charge is 2.45. The van der Waals surface area contributed by atoms with Crippen LogP contribution in [0.2, 0.25) is 5.02 Å². The summed E-state index contributed by atoms with van der Waals surface area (Å²) in [6.45, 7) is -0.980. The van der Waals surface area contributed by atoms with Crippen LogP contribution in [-0.4, -0.2) is 19.0 Å². The first-order valence-corrected chi connectivity index (χ1v) is 5.73. The van der Waals surface area contributed by atoms with Gasteiger partial charge in [0.2, 0.25) is 0 Å². The van der Waals surface area contributed by atoms with Gasteiger partial charge in [-0.05, 0) is 22.0 Å². The molecule has 0 spiro atoms. The Hall–Kier alpha value is -0.930. The molecule has 0 aromatic heterocycles. The topological polar surface area (TPSA) is 27.0 Å². The van der Waals surface area contributed by atoms with E-state index in [0.717, 1.165) is 0 Å². The van der Waals surface area contributed by atoms with Crippen molar-refractivity contribution in [1.29, 1.82) is 5.26 Å². The Morgan fingerprint density at radius 3 is 2.53 bits per heavy atom. The zero-order valence-corrected chi connectivity index (χ0v) is 10.6. The number of halogens is 5. The maximum atomic E-state index is 13.4. The van der Waals surface area contributed by atoms with E-state index in [1.165, 1.54) is 11.0 Å². The van der Waals surface area contributed by atoms with E-state index >= 15 is 0 Å². The Morgan fingerprint density at radius 2 is 2.06 bits per heavy atom. The molecule has 0 saturated carbocycles. The van der Waals surface area contributed by atoms with Crippen molar-refractivity contribution in [1.82, 2.24) is 0 Å². The summed E-state index contributed by atoms with van der Waals surface area (Å²) in [4.78, 5) is 1.29. The standard InChI is InChI=1S/C10H5BrClF3N2/c11-8-5(2-16)7(1-6(12)9(8)13)17-3-10(14,15)4-17/h1H,3-4H2. The van der Waals surface area contributed by atoms with Crippen LogP contribution in [0.15, 0.2) is 10.5 Å². The third kappa shape index (κ3) is 2.09. The average Bonchev–Trinajstić information content (AvgIpc) is 2.22. The van der Waals surface area contributed by atoms with Crippen molar-refractivity contribution in [3.05, 3.63) is 26.9 Å². The second kappa shape index (κ2) is 4.07. The van der Waals surface area contributed by atoms with Gasteiger partial charge in [-0.2, -0.15) is 5.26 Å². The minimum atomic E-state index is -2.76. The minimum absolute atomic E-state index is 0.0256. The van der Waals surface area contributed by atoms with Crippen molar-refractivity contribution >= 4 is 33.2 Å². The summed E-state index contributed by atoms with van der Waals surface area (Å²) in [6.07, 6.45) is 0. The summed E-state index contributed by atoms with van der Waals surface area (Å²) in [5, 5.41) is 8.70. The van der Waals surface area contributed by atoms with Crippen LogP contribution < -0.4 is 4.90 Å². The highest BCUT2D eigenvalue weighted by molar-refractivity contribution is 9.10. The van der Waals surface area contributed by atoms with Crippen LogP contribution in [0.4, 0.5) is 18.9 Å². The molecular weight excluding hydrogens is 320 g/mol. The van der Waals surface area contributed by atoms with Gasteiger partial charge in [0.1, 0.15) is 6.07 Å². The van der Waals surface area contributed by atoms with E-state index in [4.69, 9.17) is 16.9 Å². The van der Waals surface area contributed by atoms with E-state index in [1.807, 2.05) is 0 Å². The van der Waals surface area contributed by atoms with Crippen LogP contribution in [0.25, 0.3) is 0 Å². The van der Waals surface area contributed by atoms with Crippen LogP contribution in [-0.2, 0) is 0 Å². The van der Waals surface area contributed by atoms with Crippen molar-refractivity contribution in [2.75, 3.05) is 18.0 Å². The number of benzene rings is 1. The first-order valence-electron chi connectivity index (χ1n) is 4.56. The molecule has 0 N–H and O–H groups in total. The van der Waals surface area contributed by atoms with Gasteiger partial charge in [-0.3, -0.25) is 0 Å². The second-order valence-corrected chi connectivity index (χ2v) is 4.90. The van der Waals surface area contributed by atoms with Gasteiger partial charge in [0, 0.05) is 0 Å². The molecule has 2 rings (SSSR count). The summed E-state index contributed by atoms with van der Waals surface area (Å²) in [5.41, 5.74) is 0.194. The summed E-state index contributed by atoms with van der Waals surface area (Å²) < 4.78 is 38.8. The molecule has 0 amide bonds. The van der Waals surface area contributed by atoms with E-state index in [2.05, 4.69) is 15.9 Å². The molecule has 1 aromatic rings. The molecule has 7 heteroatoms. The molecule has 0 bridgehead atoms. The molecule has 90 valence electrons. The van der Waals surface area contributed by atoms with Crippen molar-refractivity contribution in [2.45, 2.75) is 5.92 Å². The zero-order chi connectivity index (χ0) is 12.8. The van der Waals surface area contributed by atoms with Gasteiger partial charge in [0.15, 0.2) is 5.82 Å². The molecule has 1 aliphatic rings. The van der Waals surface area contributed by atoms with Gasteiger partial charge >= 0.3 is 0 Å². The van der Waals surface area contributed by atoms with Crippen molar-refractivity contribution in [2.24, 2.45) is 0 Å². The van der Waals surface area contributed by atoms with Crippen molar-refractivity contribution in [3.63, 3.8) is 0 Å². The fourth-order valence-electron chi connectivity index (χ4n) is 1.62. The lowest BCUT2D eigenvalue weighted by Gasteiger charge is -2.41. The van der Waals surface area contributed by atoms with Crippen molar-refractivity contribution in [3.8, 4) is 6.07 Å². The molecule has 1 fully saturated rings. The number of nitrogens with zero attached hydrogens (tertiary/aromatic N) is 2. The molecule has 1 aromatic carbocycles. The van der Waals surface area contributed by atoms with Gasteiger partial charge in [-0.25, -0.2) is 13.2 Å². The van der Waals surface area contributed by atoms with E-state index in [0.29, 0.717) is 0 Å². The lowest BCUT2D eigenvalue weighted by Crippen LogP contribution is -2.56. The molecule has 2 nitrogen and oxygen atoms in total. The minimum Gasteiger partial charge on any atom is -0.358 e. The van der Waals surface area contributed by atoms with Crippen LogP contribution in [0.5, 0.6) is 0 Å². The van der Waals surface area contributed by atoms with E-state index < -0.39 is 24.8 Å². The molecule has 1 heterocycles. The predicted molar refractivity (Wildman–Crippen MR) is 61.0 cm³/mol. The average molecular weight is 326 g/mol. The molecule has 0 unspecified atom stereocenters. The number of hydrogen-bond donors (Lipinski definition) is 0. The number of nitriles is 1. The molecule has 0 aliphatic carbocycles. The molecule has 0 atom stereocenters. The molecular formula is C10H5BrClF3N2. The molecule has 1 saturated heterocycles. The van der Waals surface area contributed by atoms with Gasteiger partial charge in [-0.1, -0.05) is 11.6 Å². The Bertz CT molecular complexity index is 519. The largest absolute Gasteiger partial charge is 0.358 e. The Morgan fingerprint density at radius 1 is 1.47 bits per heavy atom. The van der Waals surface area contributed by atoms with Gasteiger partial charge in [0.05, 0.1) is 33.8 Å². The van der Waals surface area contributed by atoms with E-state index in [-0.39, 0.29) is 20.7 Å². The molecule has 1 aliphatic heterocycles. The molecule has 17 heavy (non-hydrogen) atoms. The quantitative estimate of drug-likeness (QED) is 0.738. The van der Waals surface area contributed by atoms with Crippen LogP contribution in [0.3, 0.4) is 0 Å². The first-order chi connectivity index (χ1) is 7.85. The maximum Gasteiger partial charge on any atom is 0.282 e. The lowest BCUT2D eigenvalue weighted by molar-refractivity contribution is -0.0262. The number of hydrogen-bond acceptors (Lipinski definition) is 2. The zero-order valence-electron chi connectivity index (χ0n) is 8.28. The fraction of sp³-hybridized carbons (Fsp3) is 0.300. The summed E-state index contributed by atoms with van der Waals surface area (Å²) >= 11 is 8.51. The fourth-order valence-corrected chi connectivity index (χ4v) is 2.44. The highest BCUT2D eigenvalue weighted by atomic mass is 79.9. The third-order valence-electron chi connectivity index (χ3n) is 2.44. The SMILES string of the molecule is N#Cc1c(N2CC(F)(F)C2)cc(Cl)c(F)c1Br. The summed E-state index contributed by atoms with van der Waals surface area (Å²) in [6, 6.07) is 2.97. The maximum absolute atomic E-state index is 13.4. The van der Waals surface area contributed by atoms with E-state index in [1.54, 1.807) is 6.07 Å². The van der Waals surface area contributed by atoms with Crippen LogP contribution in [0, 0.1) is 17.1 Å². The predicted octanol–water partition coefficient (Wildman–Crippen LogP) is 3.57. The number of rotatable bonds is 1. The normalized spacial score (nSPS) is 17.5. The first kappa shape index (κ1) is 12.5. The highest BCUT2D eigenvalue weighted by Crippen LogP contribution is 2.39. The van der Waals surface area contributed by atoms with E-state index in [9.17, 15) is 13.2 Å². The van der Waals surface area contributed by atoms with Crippen molar-refractivity contribution < 1.29 is 13.2 Å². The Kier molecular flexibility index (Phi) is 3.00. The Labute approximate surface area is 109 Å². The van der Waals surface area contributed by atoms with Gasteiger partial charge in [0.25, 0.3) is 5.92 Å². The van der Waals surface area contributed by atoms with Gasteiger partial charge in [-0.15, -0.1) is 0 Å². The van der Waals surface area contributed by atoms with Gasteiger partial charge < -0.3 is 4.90 Å². The smallest absolute Gasteiger partial charge is 0.282 e. The monoisotopic (exact) mass is 324 g/mol. The third-order valence-corrected chi connectivity index (χ3v) is 3.46. The van der Waals surface area contributed by atoms with Crippen LogP contribution in [0.1, 0.15) is 5.56 Å². The molecule has 0 radical (unpaired) electrons. The second-order valence-electron chi connectivity index (χ2n) is 3.70. The summed E-state index contributed by atoms with van der Waals surface area (Å²) in [5.74, 6) is -3.53. The number of anilines is 1. The number of alkyl halides is 2.